The predicted molar refractivity (Wildman–Crippen MR) is 77.3 cm³/mol. The molecule has 1 aliphatic rings. The van der Waals surface area contributed by atoms with E-state index < -0.39 is 0 Å². The summed E-state index contributed by atoms with van der Waals surface area (Å²) in [6, 6.07) is 0. The standard InChI is InChI=1S/C16H19NO2/c1-5-6-8-11(2)9-7-10-14-12(3)13(4)15(18)17-16(14)19/h5-10H,1-4H3,(H,17,18,19)/b6-5-,9-7-,11-8+,14-10+. The SMILES string of the molecule is C\C=C/C=C(C)/C=C\C=C1\C(=O)NC(=O)C(C)=C1C. The number of hydrogen-bond acceptors (Lipinski definition) is 2. The van der Waals surface area contributed by atoms with Gasteiger partial charge in [0.15, 0.2) is 0 Å². The molecule has 0 radical (unpaired) electrons. The van der Waals surface area contributed by atoms with Gasteiger partial charge >= 0.3 is 0 Å². The number of carbonyl (C=O) groups excluding carboxylic acids is 2. The summed E-state index contributed by atoms with van der Waals surface area (Å²) in [7, 11) is 0. The molecular formula is C16H19NO2. The van der Waals surface area contributed by atoms with Crippen molar-refractivity contribution < 1.29 is 9.59 Å². The summed E-state index contributed by atoms with van der Waals surface area (Å²) in [5, 5.41) is 2.32. The zero-order valence-corrected chi connectivity index (χ0v) is 11.8. The summed E-state index contributed by atoms with van der Waals surface area (Å²) >= 11 is 0. The molecule has 0 unspecified atom stereocenters. The fourth-order valence-corrected chi connectivity index (χ4v) is 1.61. The maximum absolute atomic E-state index is 11.7. The third kappa shape index (κ3) is 3.91. The topological polar surface area (TPSA) is 46.2 Å². The Morgan fingerprint density at radius 3 is 2.37 bits per heavy atom. The second-order valence-corrected chi connectivity index (χ2v) is 4.41. The number of carbonyl (C=O) groups is 2. The average molecular weight is 257 g/mol. The van der Waals surface area contributed by atoms with E-state index in [1.165, 1.54) is 0 Å². The Morgan fingerprint density at radius 2 is 1.74 bits per heavy atom. The van der Waals surface area contributed by atoms with Crippen LogP contribution in [0.3, 0.4) is 0 Å². The molecule has 0 aromatic rings. The number of hydrogen-bond donors (Lipinski definition) is 1. The zero-order chi connectivity index (χ0) is 14.4. The van der Waals surface area contributed by atoms with E-state index in [4.69, 9.17) is 0 Å². The molecule has 0 bridgehead atoms. The van der Waals surface area contributed by atoms with Crippen LogP contribution in [0.25, 0.3) is 0 Å². The lowest BCUT2D eigenvalue weighted by atomic mass is 9.97. The molecule has 0 aliphatic carbocycles. The van der Waals surface area contributed by atoms with E-state index in [-0.39, 0.29) is 11.8 Å². The van der Waals surface area contributed by atoms with Crippen LogP contribution in [0.4, 0.5) is 0 Å². The van der Waals surface area contributed by atoms with Gasteiger partial charge < -0.3 is 0 Å². The lowest BCUT2D eigenvalue weighted by molar-refractivity contribution is -0.126. The number of allylic oxidation sites excluding steroid dienone is 7. The second kappa shape index (κ2) is 6.69. The highest BCUT2D eigenvalue weighted by atomic mass is 16.2. The van der Waals surface area contributed by atoms with Crippen molar-refractivity contribution in [1.29, 1.82) is 0 Å². The second-order valence-electron chi connectivity index (χ2n) is 4.41. The van der Waals surface area contributed by atoms with Gasteiger partial charge in [-0.2, -0.15) is 0 Å². The first kappa shape index (κ1) is 14.9. The van der Waals surface area contributed by atoms with Crippen molar-refractivity contribution in [2.24, 2.45) is 0 Å². The van der Waals surface area contributed by atoms with Crippen LogP contribution in [-0.2, 0) is 9.59 Å². The molecule has 2 amide bonds. The van der Waals surface area contributed by atoms with Crippen molar-refractivity contribution in [3.05, 3.63) is 58.7 Å². The van der Waals surface area contributed by atoms with Crippen LogP contribution < -0.4 is 5.32 Å². The Balaban J connectivity index is 2.96. The number of nitrogens with one attached hydrogen (secondary N) is 1. The summed E-state index contributed by atoms with van der Waals surface area (Å²) in [5.41, 5.74) is 2.93. The smallest absolute Gasteiger partial charge is 0.258 e. The van der Waals surface area contributed by atoms with Gasteiger partial charge in [0.05, 0.1) is 0 Å². The van der Waals surface area contributed by atoms with Crippen molar-refractivity contribution in [2.75, 3.05) is 0 Å². The van der Waals surface area contributed by atoms with Crippen LogP contribution in [0.1, 0.15) is 27.7 Å². The molecule has 3 heteroatoms. The molecule has 1 heterocycles. The molecule has 1 rings (SSSR count). The maximum atomic E-state index is 11.7. The highest BCUT2D eigenvalue weighted by molar-refractivity contribution is 6.16. The fourth-order valence-electron chi connectivity index (χ4n) is 1.61. The molecule has 0 saturated heterocycles. The van der Waals surface area contributed by atoms with Crippen LogP contribution in [0, 0.1) is 0 Å². The molecule has 19 heavy (non-hydrogen) atoms. The van der Waals surface area contributed by atoms with Crippen molar-refractivity contribution in [3.8, 4) is 0 Å². The predicted octanol–water partition coefficient (Wildman–Crippen LogP) is 2.98. The van der Waals surface area contributed by atoms with Gasteiger partial charge in [-0.15, -0.1) is 0 Å². The Bertz CT molecular complexity index is 543. The minimum Gasteiger partial charge on any atom is -0.288 e. The van der Waals surface area contributed by atoms with Crippen molar-refractivity contribution >= 4 is 11.8 Å². The van der Waals surface area contributed by atoms with Gasteiger partial charge in [0.25, 0.3) is 11.8 Å². The highest BCUT2D eigenvalue weighted by Crippen LogP contribution is 2.19. The van der Waals surface area contributed by atoms with Gasteiger partial charge in [-0.25, -0.2) is 0 Å². The number of rotatable bonds is 3. The summed E-state index contributed by atoms with van der Waals surface area (Å²) in [6.07, 6.45) is 11.3. The third-order valence-electron chi connectivity index (χ3n) is 2.95. The molecule has 0 saturated carbocycles. The van der Waals surface area contributed by atoms with E-state index in [1.54, 1.807) is 19.9 Å². The first-order valence-corrected chi connectivity index (χ1v) is 6.18. The van der Waals surface area contributed by atoms with E-state index in [9.17, 15) is 9.59 Å². The summed E-state index contributed by atoms with van der Waals surface area (Å²) in [4.78, 5) is 23.1. The average Bonchev–Trinajstić information content (AvgIpc) is 2.37. The van der Waals surface area contributed by atoms with Gasteiger partial charge in [0.1, 0.15) is 0 Å². The van der Waals surface area contributed by atoms with E-state index in [2.05, 4.69) is 5.32 Å². The number of amides is 2. The van der Waals surface area contributed by atoms with Gasteiger partial charge in [-0.05, 0) is 39.3 Å². The quantitative estimate of drug-likeness (QED) is 0.480. The van der Waals surface area contributed by atoms with Crippen molar-refractivity contribution in [2.45, 2.75) is 27.7 Å². The Kier molecular flexibility index (Phi) is 5.24. The van der Waals surface area contributed by atoms with Gasteiger partial charge in [-0.3, -0.25) is 14.9 Å². The summed E-state index contributed by atoms with van der Waals surface area (Å²) in [6.45, 7) is 7.43. The molecule has 1 aliphatic heterocycles. The van der Waals surface area contributed by atoms with E-state index in [0.29, 0.717) is 11.1 Å². The van der Waals surface area contributed by atoms with Crippen LogP contribution in [0.5, 0.6) is 0 Å². The monoisotopic (exact) mass is 257 g/mol. The maximum Gasteiger partial charge on any atom is 0.258 e. The summed E-state index contributed by atoms with van der Waals surface area (Å²) < 4.78 is 0. The molecule has 0 atom stereocenters. The first-order valence-electron chi connectivity index (χ1n) is 6.18. The molecule has 1 N–H and O–H groups in total. The Labute approximate surface area is 114 Å². The first-order chi connectivity index (χ1) is 8.97. The lowest BCUT2D eigenvalue weighted by Crippen LogP contribution is -2.37. The lowest BCUT2D eigenvalue weighted by Gasteiger charge is -2.16. The van der Waals surface area contributed by atoms with Crippen LogP contribution in [0.2, 0.25) is 0 Å². The summed E-state index contributed by atoms with van der Waals surface area (Å²) in [5.74, 6) is -0.652. The van der Waals surface area contributed by atoms with Gasteiger partial charge in [0.2, 0.25) is 0 Å². The molecule has 0 aromatic heterocycles. The zero-order valence-electron chi connectivity index (χ0n) is 11.8. The molecule has 3 nitrogen and oxygen atoms in total. The van der Waals surface area contributed by atoms with Crippen LogP contribution in [-0.4, -0.2) is 11.8 Å². The Morgan fingerprint density at radius 1 is 1.05 bits per heavy atom. The minimum atomic E-state index is -0.340. The van der Waals surface area contributed by atoms with Gasteiger partial charge in [0, 0.05) is 11.1 Å². The van der Waals surface area contributed by atoms with Crippen molar-refractivity contribution in [1.82, 2.24) is 5.32 Å². The Hall–Kier alpha value is -2.16. The van der Waals surface area contributed by atoms with Gasteiger partial charge in [-0.1, -0.05) is 36.0 Å². The highest BCUT2D eigenvalue weighted by Gasteiger charge is 2.23. The van der Waals surface area contributed by atoms with E-state index in [1.807, 2.05) is 44.2 Å². The number of imide groups is 1. The van der Waals surface area contributed by atoms with E-state index >= 15 is 0 Å². The molecule has 0 aromatic carbocycles. The molecule has 100 valence electrons. The van der Waals surface area contributed by atoms with Crippen LogP contribution in [0.15, 0.2) is 58.7 Å². The molecular weight excluding hydrogens is 238 g/mol. The van der Waals surface area contributed by atoms with Crippen molar-refractivity contribution in [3.63, 3.8) is 0 Å². The molecule has 0 fully saturated rings. The minimum absolute atomic E-state index is 0.312. The fraction of sp³-hybridized carbons (Fsp3) is 0.250. The van der Waals surface area contributed by atoms with Crippen LogP contribution >= 0.6 is 0 Å². The third-order valence-corrected chi connectivity index (χ3v) is 2.95. The normalized spacial score (nSPS) is 20.0. The molecule has 0 spiro atoms. The van der Waals surface area contributed by atoms with E-state index in [0.717, 1.165) is 11.1 Å². The largest absolute Gasteiger partial charge is 0.288 e.